The first-order chi connectivity index (χ1) is 9.61. The minimum absolute atomic E-state index is 0.365. The van der Waals surface area contributed by atoms with Crippen molar-refractivity contribution in [3.63, 3.8) is 0 Å². The highest BCUT2D eigenvalue weighted by Gasteiger charge is 2.13. The van der Waals surface area contributed by atoms with Crippen LogP contribution in [-0.2, 0) is 0 Å². The first-order valence-electron chi connectivity index (χ1n) is 6.43. The lowest BCUT2D eigenvalue weighted by Gasteiger charge is -2.17. The number of ether oxygens (including phenoxy) is 1. The minimum atomic E-state index is -0.666. The zero-order chi connectivity index (χ0) is 14.5. The van der Waals surface area contributed by atoms with Crippen LogP contribution in [0.25, 0.3) is 0 Å². The van der Waals surface area contributed by atoms with E-state index in [1.54, 1.807) is 7.11 Å². The monoisotopic (exact) mass is 291 g/mol. The first-order valence-corrected chi connectivity index (χ1v) is 6.80. The fraction of sp³-hybridized carbons (Fsp3) is 0.250. The van der Waals surface area contributed by atoms with Gasteiger partial charge in [0.2, 0.25) is 0 Å². The summed E-state index contributed by atoms with van der Waals surface area (Å²) in [6, 6.07) is 13.2. The predicted molar refractivity (Wildman–Crippen MR) is 82.6 cm³/mol. The molecule has 0 amide bonds. The van der Waals surface area contributed by atoms with Crippen LogP contribution < -0.4 is 10.1 Å². The third-order valence-corrected chi connectivity index (χ3v) is 3.43. The molecule has 1 unspecified atom stereocenters. The average Bonchev–Trinajstić information content (AvgIpc) is 2.46. The van der Waals surface area contributed by atoms with Crippen LogP contribution in [0.5, 0.6) is 5.75 Å². The molecular weight excluding hydrogens is 274 g/mol. The summed E-state index contributed by atoms with van der Waals surface area (Å²) in [5, 5.41) is 14.1. The molecule has 0 bridgehead atoms. The van der Waals surface area contributed by atoms with Gasteiger partial charge in [-0.15, -0.1) is 0 Å². The largest absolute Gasteiger partial charge is 0.496 e. The van der Waals surface area contributed by atoms with Crippen molar-refractivity contribution >= 4 is 17.3 Å². The number of para-hydroxylation sites is 1. The number of benzene rings is 2. The van der Waals surface area contributed by atoms with Crippen LogP contribution in [0.15, 0.2) is 42.5 Å². The molecule has 0 spiro atoms. The van der Waals surface area contributed by atoms with E-state index >= 15 is 0 Å². The lowest BCUT2D eigenvalue weighted by molar-refractivity contribution is 0.187. The van der Waals surface area contributed by atoms with Gasteiger partial charge >= 0.3 is 0 Å². The van der Waals surface area contributed by atoms with Crippen LogP contribution in [0.2, 0.25) is 5.02 Å². The van der Waals surface area contributed by atoms with E-state index in [1.807, 2.05) is 49.4 Å². The molecule has 0 radical (unpaired) electrons. The summed E-state index contributed by atoms with van der Waals surface area (Å²) in [6.07, 6.45) is -0.666. The lowest BCUT2D eigenvalue weighted by Crippen LogP contribution is -2.13. The molecule has 2 aromatic carbocycles. The van der Waals surface area contributed by atoms with E-state index in [0.717, 1.165) is 16.8 Å². The zero-order valence-electron chi connectivity index (χ0n) is 11.6. The maximum absolute atomic E-state index is 10.3. The Hall–Kier alpha value is -1.71. The standard InChI is InChI=1S/C16H18ClNO2/c1-11-7-8-16(20-2)12(9-11)15(19)10-18-14-6-4-3-5-13(14)17/h3-9,15,18-19H,10H2,1-2H3. The van der Waals surface area contributed by atoms with E-state index < -0.39 is 6.10 Å². The number of methoxy groups -OCH3 is 1. The van der Waals surface area contributed by atoms with E-state index in [4.69, 9.17) is 16.3 Å². The Balaban J connectivity index is 2.11. The van der Waals surface area contributed by atoms with Gasteiger partial charge in [-0.1, -0.05) is 35.4 Å². The highest BCUT2D eigenvalue weighted by atomic mass is 35.5. The summed E-state index contributed by atoms with van der Waals surface area (Å²) in [6.45, 7) is 2.35. The highest BCUT2D eigenvalue weighted by Crippen LogP contribution is 2.27. The van der Waals surface area contributed by atoms with Crippen LogP contribution in [0.4, 0.5) is 5.69 Å². The fourth-order valence-electron chi connectivity index (χ4n) is 2.04. The number of anilines is 1. The number of aliphatic hydroxyl groups is 1. The van der Waals surface area contributed by atoms with Crippen molar-refractivity contribution in [2.75, 3.05) is 19.0 Å². The predicted octanol–water partition coefficient (Wildman–Crippen LogP) is 3.80. The number of halogens is 1. The van der Waals surface area contributed by atoms with E-state index in [9.17, 15) is 5.11 Å². The van der Waals surface area contributed by atoms with Gasteiger partial charge in [-0.05, 0) is 31.2 Å². The fourth-order valence-corrected chi connectivity index (χ4v) is 2.24. The van der Waals surface area contributed by atoms with Crippen molar-refractivity contribution in [2.45, 2.75) is 13.0 Å². The number of hydrogen-bond acceptors (Lipinski definition) is 3. The highest BCUT2D eigenvalue weighted by molar-refractivity contribution is 6.33. The van der Waals surface area contributed by atoms with Crippen molar-refractivity contribution in [3.8, 4) is 5.75 Å². The topological polar surface area (TPSA) is 41.5 Å². The molecular formula is C16H18ClNO2. The van der Waals surface area contributed by atoms with Gasteiger partial charge in [-0.25, -0.2) is 0 Å². The molecule has 106 valence electrons. The summed E-state index contributed by atoms with van der Waals surface area (Å²) >= 11 is 6.07. The number of aryl methyl sites for hydroxylation is 1. The Kier molecular flexibility index (Phi) is 4.88. The molecule has 3 nitrogen and oxygen atoms in total. The third-order valence-electron chi connectivity index (χ3n) is 3.10. The molecule has 2 rings (SSSR count). The maximum Gasteiger partial charge on any atom is 0.124 e. The van der Waals surface area contributed by atoms with Crippen molar-refractivity contribution < 1.29 is 9.84 Å². The Morgan fingerprint density at radius 1 is 1.25 bits per heavy atom. The minimum Gasteiger partial charge on any atom is -0.496 e. The second-order valence-electron chi connectivity index (χ2n) is 4.62. The van der Waals surface area contributed by atoms with Crippen molar-refractivity contribution in [1.29, 1.82) is 0 Å². The molecule has 0 aliphatic carbocycles. The third kappa shape index (κ3) is 3.44. The van der Waals surface area contributed by atoms with Crippen LogP contribution in [0.1, 0.15) is 17.2 Å². The summed E-state index contributed by atoms with van der Waals surface area (Å²) in [5.74, 6) is 0.684. The van der Waals surface area contributed by atoms with Crippen LogP contribution >= 0.6 is 11.6 Å². The number of rotatable bonds is 5. The second kappa shape index (κ2) is 6.64. The van der Waals surface area contributed by atoms with Crippen LogP contribution in [-0.4, -0.2) is 18.8 Å². The lowest BCUT2D eigenvalue weighted by atomic mass is 10.1. The Bertz CT molecular complexity index is 586. The van der Waals surface area contributed by atoms with Gasteiger partial charge in [0.25, 0.3) is 0 Å². The smallest absolute Gasteiger partial charge is 0.124 e. The van der Waals surface area contributed by atoms with E-state index in [-0.39, 0.29) is 0 Å². The molecule has 0 saturated heterocycles. The summed E-state index contributed by atoms with van der Waals surface area (Å²) in [4.78, 5) is 0. The molecule has 0 heterocycles. The summed E-state index contributed by atoms with van der Waals surface area (Å²) in [5.41, 5.74) is 2.66. The van der Waals surface area contributed by atoms with Gasteiger partial charge in [0.15, 0.2) is 0 Å². The molecule has 0 saturated carbocycles. The molecule has 2 aromatic rings. The molecule has 20 heavy (non-hydrogen) atoms. The molecule has 4 heteroatoms. The van der Waals surface area contributed by atoms with E-state index in [0.29, 0.717) is 17.3 Å². The van der Waals surface area contributed by atoms with Crippen molar-refractivity contribution in [3.05, 3.63) is 58.6 Å². The maximum atomic E-state index is 10.3. The second-order valence-corrected chi connectivity index (χ2v) is 5.03. The molecule has 2 N–H and O–H groups in total. The Labute approximate surface area is 124 Å². The summed E-state index contributed by atoms with van der Waals surface area (Å²) < 4.78 is 5.28. The Morgan fingerprint density at radius 2 is 2.00 bits per heavy atom. The molecule has 0 aromatic heterocycles. The quantitative estimate of drug-likeness (QED) is 0.880. The van der Waals surface area contributed by atoms with E-state index in [1.165, 1.54) is 0 Å². The molecule has 1 atom stereocenters. The average molecular weight is 292 g/mol. The molecule has 0 aliphatic heterocycles. The van der Waals surface area contributed by atoms with Gasteiger partial charge in [0.1, 0.15) is 5.75 Å². The van der Waals surface area contributed by atoms with Gasteiger partial charge < -0.3 is 15.2 Å². The number of aliphatic hydroxyl groups excluding tert-OH is 1. The van der Waals surface area contributed by atoms with Crippen molar-refractivity contribution in [1.82, 2.24) is 0 Å². The number of nitrogens with one attached hydrogen (secondary N) is 1. The van der Waals surface area contributed by atoms with Gasteiger partial charge in [0.05, 0.1) is 23.9 Å². The van der Waals surface area contributed by atoms with Gasteiger partial charge in [-0.2, -0.15) is 0 Å². The van der Waals surface area contributed by atoms with E-state index in [2.05, 4.69) is 5.32 Å². The van der Waals surface area contributed by atoms with Crippen LogP contribution in [0, 0.1) is 6.92 Å². The zero-order valence-corrected chi connectivity index (χ0v) is 12.3. The first kappa shape index (κ1) is 14.7. The van der Waals surface area contributed by atoms with Gasteiger partial charge in [-0.3, -0.25) is 0 Å². The van der Waals surface area contributed by atoms with Crippen LogP contribution in [0.3, 0.4) is 0 Å². The van der Waals surface area contributed by atoms with Gasteiger partial charge in [0, 0.05) is 12.1 Å². The summed E-state index contributed by atoms with van der Waals surface area (Å²) in [7, 11) is 1.60. The molecule has 0 fully saturated rings. The van der Waals surface area contributed by atoms with Crippen molar-refractivity contribution in [2.24, 2.45) is 0 Å². The molecule has 0 aliphatic rings. The normalized spacial score (nSPS) is 12.0. The Morgan fingerprint density at radius 3 is 2.70 bits per heavy atom. The SMILES string of the molecule is COc1ccc(C)cc1C(O)CNc1ccccc1Cl. The number of hydrogen-bond donors (Lipinski definition) is 2.